The van der Waals surface area contributed by atoms with E-state index in [2.05, 4.69) is 10.5 Å². The third-order valence-corrected chi connectivity index (χ3v) is 3.37. The molecule has 1 aromatic heterocycles. The first-order valence-corrected chi connectivity index (χ1v) is 7.00. The third-order valence-electron chi connectivity index (χ3n) is 3.37. The second-order valence-corrected chi connectivity index (χ2v) is 4.89. The molecule has 1 aromatic carbocycles. The molecule has 0 saturated carbocycles. The van der Waals surface area contributed by atoms with Crippen LogP contribution in [-0.2, 0) is 16.0 Å². The summed E-state index contributed by atoms with van der Waals surface area (Å²) in [5.74, 6) is 0.890. The number of hydrogen-bond donors (Lipinski definition) is 1. The molecule has 1 heterocycles. The molecule has 22 heavy (non-hydrogen) atoms. The van der Waals surface area contributed by atoms with Gasteiger partial charge in [-0.05, 0) is 31.3 Å². The standard InChI is InChI=1S/C16H20N2O4/c1-17-10-12(16(19)21-3)8-13-9-15(22-18-13)11-4-6-14(20-2)7-5-11/h4-7,9,12,17H,8,10H2,1-3H3. The number of nitrogens with zero attached hydrogens (tertiary/aromatic N) is 1. The first kappa shape index (κ1) is 16.0. The van der Waals surface area contributed by atoms with Crippen molar-refractivity contribution in [2.75, 3.05) is 27.8 Å². The number of ether oxygens (including phenoxy) is 2. The summed E-state index contributed by atoms with van der Waals surface area (Å²) >= 11 is 0. The van der Waals surface area contributed by atoms with Crippen molar-refractivity contribution >= 4 is 5.97 Å². The van der Waals surface area contributed by atoms with Gasteiger partial charge in [0.2, 0.25) is 0 Å². The van der Waals surface area contributed by atoms with Crippen molar-refractivity contribution in [3.63, 3.8) is 0 Å². The van der Waals surface area contributed by atoms with Gasteiger partial charge in [-0.3, -0.25) is 4.79 Å². The van der Waals surface area contributed by atoms with Gasteiger partial charge in [0.05, 0.1) is 25.8 Å². The zero-order valence-electron chi connectivity index (χ0n) is 13.0. The largest absolute Gasteiger partial charge is 0.497 e. The molecular weight excluding hydrogens is 284 g/mol. The number of methoxy groups -OCH3 is 2. The Hall–Kier alpha value is -2.34. The zero-order chi connectivity index (χ0) is 15.9. The van der Waals surface area contributed by atoms with E-state index in [1.807, 2.05) is 30.3 Å². The maximum Gasteiger partial charge on any atom is 0.310 e. The summed E-state index contributed by atoms with van der Waals surface area (Å²) in [5.41, 5.74) is 1.62. The van der Waals surface area contributed by atoms with E-state index >= 15 is 0 Å². The van der Waals surface area contributed by atoms with Crippen LogP contribution in [0.4, 0.5) is 0 Å². The first-order valence-electron chi connectivity index (χ1n) is 7.00. The summed E-state index contributed by atoms with van der Waals surface area (Å²) in [5, 5.41) is 7.01. The number of carbonyl (C=O) groups excluding carboxylic acids is 1. The van der Waals surface area contributed by atoms with Crippen molar-refractivity contribution in [1.29, 1.82) is 0 Å². The van der Waals surface area contributed by atoms with Gasteiger partial charge in [-0.2, -0.15) is 0 Å². The van der Waals surface area contributed by atoms with Crippen molar-refractivity contribution in [1.82, 2.24) is 10.5 Å². The second kappa shape index (κ2) is 7.61. The molecule has 6 nitrogen and oxygen atoms in total. The number of aromatic nitrogens is 1. The summed E-state index contributed by atoms with van der Waals surface area (Å²) in [6.45, 7) is 0.525. The molecule has 0 amide bonds. The van der Waals surface area contributed by atoms with E-state index in [0.29, 0.717) is 18.7 Å². The number of carbonyl (C=O) groups is 1. The second-order valence-electron chi connectivity index (χ2n) is 4.89. The molecule has 0 fully saturated rings. The van der Waals surface area contributed by atoms with Crippen LogP contribution in [0.3, 0.4) is 0 Å². The summed E-state index contributed by atoms with van der Waals surface area (Å²) in [6.07, 6.45) is 0.465. The van der Waals surface area contributed by atoms with Gasteiger partial charge in [0.25, 0.3) is 0 Å². The monoisotopic (exact) mass is 304 g/mol. The zero-order valence-corrected chi connectivity index (χ0v) is 13.0. The van der Waals surface area contributed by atoms with Crippen molar-refractivity contribution in [2.24, 2.45) is 5.92 Å². The fourth-order valence-corrected chi connectivity index (χ4v) is 2.20. The smallest absolute Gasteiger partial charge is 0.310 e. The average Bonchev–Trinajstić information content (AvgIpc) is 3.02. The molecule has 0 spiro atoms. The lowest BCUT2D eigenvalue weighted by Crippen LogP contribution is -2.29. The van der Waals surface area contributed by atoms with Gasteiger partial charge in [-0.25, -0.2) is 0 Å². The number of esters is 1. The van der Waals surface area contributed by atoms with Crippen LogP contribution in [0.15, 0.2) is 34.9 Å². The molecule has 2 rings (SSSR count). The van der Waals surface area contributed by atoms with Gasteiger partial charge < -0.3 is 19.3 Å². The molecule has 1 N–H and O–H groups in total. The Bertz CT molecular complexity index is 607. The minimum absolute atomic E-state index is 0.261. The fraction of sp³-hybridized carbons (Fsp3) is 0.375. The average molecular weight is 304 g/mol. The van der Waals surface area contributed by atoms with Crippen LogP contribution in [0.5, 0.6) is 5.75 Å². The molecule has 0 radical (unpaired) electrons. The van der Waals surface area contributed by atoms with Crippen LogP contribution in [0.25, 0.3) is 11.3 Å². The molecule has 0 aliphatic carbocycles. The normalized spacial score (nSPS) is 12.0. The minimum atomic E-state index is -0.288. The molecule has 0 aliphatic rings. The molecule has 0 aliphatic heterocycles. The molecule has 0 saturated heterocycles. The molecule has 1 unspecified atom stereocenters. The van der Waals surface area contributed by atoms with Crippen LogP contribution in [0, 0.1) is 5.92 Å². The highest BCUT2D eigenvalue weighted by molar-refractivity contribution is 5.73. The van der Waals surface area contributed by atoms with Crippen LogP contribution < -0.4 is 10.1 Å². The predicted octanol–water partition coefficient (Wildman–Crippen LogP) is 1.90. The molecular formula is C16H20N2O4. The molecule has 1 atom stereocenters. The van der Waals surface area contributed by atoms with Crippen molar-refractivity contribution < 1.29 is 18.8 Å². The van der Waals surface area contributed by atoms with Crippen LogP contribution in [-0.4, -0.2) is 38.9 Å². The van der Waals surface area contributed by atoms with E-state index in [1.54, 1.807) is 14.2 Å². The van der Waals surface area contributed by atoms with Crippen molar-refractivity contribution in [3.05, 3.63) is 36.0 Å². The minimum Gasteiger partial charge on any atom is -0.497 e. The maximum atomic E-state index is 11.7. The highest BCUT2D eigenvalue weighted by atomic mass is 16.5. The van der Waals surface area contributed by atoms with E-state index in [0.717, 1.165) is 17.0 Å². The Morgan fingerprint density at radius 3 is 2.64 bits per heavy atom. The maximum absolute atomic E-state index is 11.7. The first-order chi connectivity index (χ1) is 10.7. The molecule has 118 valence electrons. The van der Waals surface area contributed by atoms with Gasteiger partial charge in [0, 0.05) is 24.6 Å². The molecule has 0 bridgehead atoms. The fourth-order valence-electron chi connectivity index (χ4n) is 2.20. The van der Waals surface area contributed by atoms with E-state index in [-0.39, 0.29) is 11.9 Å². The Balaban J connectivity index is 2.10. The molecule has 6 heteroatoms. The quantitative estimate of drug-likeness (QED) is 0.788. The Morgan fingerprint density at radius 1 is 1.32 bits per heavy atom. The lowest BCUT2D eigenvalue weighted by molar-refractivity contribution is -0.145. The number of benzene rings is 1. The van der Waals surface area contributed by atoms with Crippen LogP contribution >= 0.6 is 0 Å². The topological polar surface area (TPSA) is 73.6 Å². The number of rotatable bonds is 7. The van der Waals surface area contributed by atoms with E-state index in [4.69, 9.17) is 14.0 Å². The summed E-state index contributed by atoms with van der Waals surface area (Å²) in [4.78, 5) is 11.7. The summed E-state index contributed by atoms with van der Waals surface area (Å²) < 4.78 is 15.3. The van der Waals surface area contributed by atoms with Gasteiger partial charge in [-0.15, -0.1) is 0 Å². The highest BCUT2D eigenvalue weighted by Gasteiger charge is 2.21. The van der Waals surface area contributed by atoms with Gasteiger partial charge in [0.1, 0.15) is 5.75 Å². The molecule has 2 aromatic rings. The van der Waals surface area contributed by atoms with Crippen LogP contribution in [0.1, 0.15) is 5.69 Å². The Morgan fingerprint density at radius 2 is 2.05 bits per heavy atom. The highest BCUT2D eigenvalue weighted by Crippen LogP contribution is 2.24. The third kappa shape index (κ3) is 3.85. The van der Waals surface area contributed by atoms with Gasteiger partial charge >= 0.3 is 5.97 Å². The lowest BCUT2D eigenvalue weighted by atomic mass is 10.0. The summed E-state index contributed by atoms with van der Waals surface area (Å²) in [6, 6.07) is 9.35. The number of hydrogen-bond acceptors (Lipinski definition) is 6. The van der Waals surface area contributed by atoms with Crippen molar-refractivity contribution in [2.45, 2.75) is 6.42 Å². The van der Waals surface area contributed by atoms with E-state index in [1.165, 1.54) is 7.11 Å². The van der Waals surface area contributed by atoms with E-state index < -0.39 is 0 Å². The van der Waals surface area contributed by atoms with Crippen LogP contribution in [0.2, 0.25) is 0 Å². The van der Waals surface area contributed by atoms with Crippen molar-refractivity contribution in [3.8, 4) is 17.1 Å². The SMILES string of the molecule is CNCC(Cc1cc(-c2ccc(OC)cc2)on1)C(=O)OC. The Labute approximate surface area is 129 Å². The predicted molar refractivity (Wildman–Crippen MR) is 81.6 cm³/mol. The van der Waals surface area contributed by atoms with Gasteiger partial charge in [0.15, 0.2) is 5.76 Å². The lowest BCUT2D eigenvalue weighted by Gasteiger charge is -2.11. The van der Waals surface area contributed by atoms with Gasteiger partial charge in [-0.1, -0.05) is 5.16 Å². The summed E-state index contributed by atoms with van der Waals surface area (Å²) in [7, 11) is 4.80. The Kier molecular flexibility index (Phi) is 5.55. The number of nitrogens with one attached hydrogen (secondary N) is 1. The van der Waals surface area contributed by atoms with E-state index in [9.17, 15) is 4.79 Å².